The fraction of sp³-hybridized carbons (Fsp3) is 0.214. The Balaban J connectivity index is 0.000000233. The zero-order valence-electron chi connectivity index (χ0n) is 43.3. The highest BCUT2D eigenvalue weighted by Gasteiger charge is 2.32. The van der Waals surface area contributed by atoms with Gasteiger partial charge in [-0.25, -0.2) is 78.0 Å². The maximum Gasteiger partial charge on any atom is 0.420 e. The van der Waals surface area contributed by atoms with Crippen LogP contribution in [0.2, 0.25) is 0 Å². The highest BCUT2D eigenvalue weighted by Crippen LogP contribution is 2.36. The van der Waals surface area contributed by atoms with Crippen LogP contribution in [0.1, 0.15) is 76.1 Å². The molecule has 0 fully saturated rings. The summed E-state index contributed by atoms with van der Waals surface area (Å²) < 4.78 is 159. The number of ether oxygens (including phenoxy) is 4. The number of amides is 2. The van der Waals surface area contributed by atoms with Crippen molar-refractivity contribution in [2.45, 2.75) is 66.6 Å². The van der Waals surface area contributed by atoms with E-state index in [-0.39, 0.29) is 58.5 Å². The highest BCUT2D eigenvalue weighted by molar-refractivity contribution is 6.00. The zero-order valence-corrected chi connectivity index (χ0v) is 43.3. The molecule has 79 heavy (non-hydrogen) atoms. The van der Waals surface area contributed by atoms with Gasteiger partial charge in [0.25, 0.3) is 0 Å². The lowest BCUT2D eigenvalue weighted by Crippen LogP contribution is -2.35. The van der Waals surface area contributed by atoms with E-state index >= 15 is 0 Å². The van der Waals surface area contributed by atoms with Gasteiger partial charge in [-0.15, -0.1) is 0 Å². The van der Waals surface area contributed by atoms with Crippen LogP contribution in [0.4, 0.5) is 82.2 Å². The molecule has 7 rings (SSSR count). The van der Waals surface area contributed by atoms with Gasteiger partial charge in [0, 0.05) is 23.3 Å². The Morgan fingerprint density at radius 1 is 0.494 bits per heavy atom. The van der Waals surface area contributed by atoms with Crippen LogP contribution in [-0.2, 0) is 18.9 Å². The Morgan fingerprint density at radius 2 is 0.911 bits per heavy atom. The monoisotopic (exact) mass is 1110 g/mol. The lowest BCUT2D eigenvalue weighted by Gasteiger charge is -2.27. The number of anilines is 5. The Labute approximate surface area is 446 Å². The van der Waals surface area contributed by atoms with Crippen LogP contribution in [0.15, 0.2) is 115 Å². The fourth-order valence-corrected chi connectivity index (χ4v) is 6.70. The maximum atomic E-state index is 14.7. The first-order chi connectivity index (χ1) is 37.1. The van der Waals surface area contributed by atoms with Crippen molar-refractivity contribution in [1.82, 2.24) is 9.97 Å². The fourth-order valence-electron chi connectivity index (χ4n) is 6.70. The summed E-state index contributed by atoms with van der Waals surface area (Å²) in [5.74, 6) is -11.3. The molecule has 0 aliphatic carbocycles. The molecule has 0 atom stereocenters. The van der Waals surface area contributed by atoms with Gasteiger partial charge < -0.3 is 24.3 Å². The third-order valence-corrected chi connectivity index (χ3v) is 9.91. The van der Waals surface area contributed by atoms with E-state index in [1.165, 1.54) is 24.3 Å². The molecule has 0 aliphatic rings. The second-order valence-corrected chi connectivity index (χ2v) is 18.2. The van der Waals surface area contributed by atoms with E-state index < -0.39 is 111 Å². The first-order valence-corrected chi connectivity index (χ1v) is 23.5. The van der Waals surface area contributed by atoms with Crippen LogP contribution in [0, 0.1) is 58.2 Å². The van der Waals surface area contributed by atoms with Gasteiger partial charge in [-0.1, -0.05) is 18.2 Å². The van der Waals surface area contributed by atoms with E-state index in [1.54, 1.807) is 55.4 Å². The van der Waals surface area contributed by atoms with Gasteiger partial charge in [-0.2, -0.15) is 0 Å². The van der Waals surface area contributed by atoms with Crippen molar-refractivity contribution in [3.8, 4) is 22.5 Å². The molecular formula is C56H49F10N5O8. The van der Waals surface area contributed by atoms with Gasteiger partial charge in [0.1, 0.15) is 98.1 Å². The number of halogens is 10. The van der Waals surface area contributed by atoms with Gasteiger partial charge in [-0.3, -0.25) is 5.32 Å². The molecule has 7 aromatic rings. The predicted octanol–water partition coefficient (Wildman–Crippen LogP) is 15.1. The lowest BCUT2D eigenvalue weighted by atomic mass is 10.0. The molecule has 0 spiro atoms. The molecule has 0 saturated carbocycles. The van der Waals surface area contributed by atoms with E-state index in [9.17, 15) is 63.1 Å². The van der Waals surface area contributed by atoms with Crippen LogP contribution < -0.4 is 15.5 Å². The second-order valence-electron chi connectivity index (χ2n) is 18.2. The maximum absolute atomic E-state index is 14.7. The average Bonchev–Trinajstić information content (AvgIpc) is 3.39. The topological polar surface area (TPSA) is 158 Å². The highest BCUT2D eigenvalue weighted by atomic mass is 19.2. The van der Waals surface area contributed by atoms with Crippen molar-refractivity contribution in [2.24, 2.45) is 0 Å². The summed E-state index contributed by atoms with van der Waals surface area (Å²) in [7, 11) is 0. The quantitative estimate of drug-likeness (QED) is 0.0721. The molecule has 23 heteroatoms. The van der Waals surface area contributed by atoms with Crippen LogP contribution in [0.3, 0.4) is 0 Å². The summed E-state index contributed by atoms with van der Waals surface area (Å²) in [6.07, 6.45) is -2.07. The number of para-hydroxylation sites is 3. The first kappa shape index (κ1) is 60.8. The SMILES string of the molecule is CC(C)(C)OC(=O)Nc1c(F)cccc1F.CCOC(=O)c1ccc(N(C(=O)OC(C)(C)C)c2c(F)cccc2F)nc1-c1ccc(F)cc1F.CCOC(=O)c1ccc(Nc2c(F)cccc2F)nc1-c1ccc(F)cc1F. The summed E-state index contributed by atoms with van der Waals surface area (Å²) >= 11 is 0. The average molecular weight is 1110 g/mol. The minimum atomic E-state index is -1.18. The molecule has 0 unspecified atom stereocenters. The van der Waals surface area contributed by atoms with Crippen molar-refractivity contribution in [3.63, 3.8) is 0 Å². The number of nitrogens with one attached hydrogen (secondary N) is 2. The van der Waals surface area contributed by atoms with E-state index in [4.69, 9.17) is 18.9 Å². The van der Waals surface area contributed by atoms with Crippen LogP contribution in [0.25, 0.3) is 22.5 Å². The molecule has 13 nitrogen and oxygen atoms in total. The van der Waals surface area contributed by atoms with Crippen molar-refractivity contribution >= 4 is 52.8 Å². The number of esters is 2. The number of benzene rings is 5. The standard InChI is InChI=1S/C25H22F4N2O4.C20H14F4N2O2.C11H13F2NO2/c1-5-34-23(32)16-11-12-20(30-21(16)15-10-9-14(26)13-19(15)29)31(24(33)35-25(2,3)4)22-17(27)7-6-8-18(22)28;1-2-28-20(27)13-8-9-17(26-19-14(22)4-3-5-15(19)23)25-18(13)12-7-6-11(21)10-16(12)24;1-11(2,3)16-10(15)14-9-7(12)5-4-6-8(9)13/h6-13H,5H2,1-4H3;3-10H,2H2,1H3,(H,25,26);4-6H,1-3H3,(H,14,15). The van der Waals surface area contributed by atoms with Crippen molar-refractivity contribution in [2.75, 3.05) is 28.7 Å². The molecule has 2 heterocycles. The molecule has 0 bridgehead atoms. The smallest absolute Gasteiger partial charge is 0.420 e. The summed E-state index contributed by atoms with van der Waals surface area (Å²) in [5, 5.41) is 4.49. The van der Waals surface area contributed by atoms with Crippen molar-refractivity contribution in [3.05, 3.63) is 185 Å². The summed E-state index contributed by atoms with van der Waals surface area (Å²) in [4.78, 5) is 57.9. The number of pyridine rings is 2. The van der Waals surface area contributed by atoms with Crippen LogP contribution in [0.5, 0.6) is 0 Å². The van der Waals surface area contributed by atoms with Gasteiger partial charge in [0.2, 0.25) is 0 Å². The Kier molecular flexibility index (Phi) is 20.3. The Bertz CT molecular complexity index is 3310. The number of aromatic nitrogens is 2. The molecule has 0 aliphatic heterocycles. The minimum absolute atomic E-state index is 0.00358. The van der Waals surface area contributed by atoms with E-state index in [0.717, 1.165) is 78.9 Å². The van der Waals surface area contributed by atoms with Crippen LogP contribution in [-0.4, -0.2) is 58.5 Å². The van der Waals surface area contributed by atoms with E-state index in [2.05, 4.69) is 15.3 Å². The number of hydrogen-bond acceptors (Lipinski definition) is 11. The molecule has 0 saturated heterocycles. The van der Waals surface area contributed by atoms with E-state index in [0.29, 0.717) is 17.0 Å². The molecule has 2 N–H and O–H groups in total. The number of carbonyl (C=O) groups is 4. The summed E-state index contributed by atoms with van der Waals surface area (Å²) in [5.41, 5.74) is -4.74. The summed E-state index contributed by atoms with van der Waals surface area (Å²) in [6, 6.07) is 19.8. The van der Waals surface area contributed by atoms with Gasteiger partial charge in [0.15, 0.2) is 0 Å². The van der Waals surface area contributed by atoms with Gasteiger partial charge in [-0.05, 0) is 140 Å². The van der Waals surface area contributed by atoms with Gasteiger partial charge >= 0.3 is 24.1 Å². The molecule has 2 amide bonds. The number of carbonyl (C=O) groups excluding carboxylic acids is 4. The third kappa shape index (κ3) is 16.5. The predicted molar refractivity (Wildman–Crippen MR) is 272 cm³/mol. The van der Waals surface area contributed by atoms with Crippen molar-refractivity contribution < 1.29 is 82.0 Å². The third-order valence-electron chi connectivity index (χ3n) is 9.91. The summed E-state index contributed by atoms with van der Waals surface area (Å²) in [6.45, 7) is 12.9. The second kappa shape index (κ2) is 26.4. The molecule has 2 aromatic heterocycles. The molecule has 0 radical (unpaired) electrons. The van der Waals surface area contributed by atoms with E-state index in [1.807, 2.05) is 5.32 Å². The number of nitrogens with zero attached hydrogens (tertiary/aromatic N) is 3. The largest absolute Gasteiger partial charge is 0.462 e. The number of rotatable bonds is 11. The normalized spacial score (nSPS) is 11.0. The molecular weight excluding hydrogens is 1060 g/mol. The van der Waals surface area contributed by atoms with Crippen LogP contribution >= 0.6 is 0 Å². The van der Waals surface area contributed by atoms with Crippen molar-refractivity contribution in [1.29, 1.82) is 0 Å². The zero-order chi connectivity index (χ0) is 58.5. The van der Waals surface area contributed by atoms with Gasteiger partial charge in [0.05, 0.1) is 35.7 Å². The molecule has 5 aromatic carbocycles. The Hall–Kier alpha value is -9.02. The molecule has 416 valence electrons. The minimum Gasteiger partial charge on any atom is -0.462 e. The first-order valence-electron chi connectivity index (χ1n) is 23.5. The Morgan fingerprint density at radius 3 is 1.34 bits per heavy atom. The lowest BCUT2D eigenvalue weighted by molar-refractivity contribution is 0.0517. The number of hydrogen-bond donors (Lipinski definition) is 2.